The predicted molar refractivity (Wildman–Crippen MR) is 151 cm³/mol. The Morgan fingerprint density at radius 1 is 1.00 bits per heavy atom. The molecule has 0 aliphatic heterocycles. The minimum atomic E-state index is -0.358. The van der Waals surface area contributed by atoms with Gasteiger partial charge in [-0.25, -0.2) is 4.79 Å². The Kier molecular flexibility index (Phi) is 8.55. The van der Waals surface area contributed by atoms with Gasteiger partial charge in [0.2, 0.25) is 5.91 Å². The van der Waals surface area contributed by atoms with Gasteiger partial charge >= 0.3 is 5.97 Å². The Bertz CT molecular complexity index is 1400. The van der Waals surface area contributed by atoms with Crippen LogP contribution in [0.25, 0.3) is 0 Å². The van der Waals surface area contributed by atoms with Gasteiger partial charge in [-0.2, -0.15) is 0 Å². The van der Waals surface area contributed by atoms with Gasteiger partial charge in [0, 0.05) is 11.3 Å². The minimum absolute atomic E-state index is 0.156. The van der Waals surface area contributed by atoms with Crippen molar-refractivity contribution in [2.24, 2.45) is 0 Å². The van der Waals surface area contributed by atoms with Crippen LogP contribution in [0.1, 0.15) is 57.5 Å². The summed E-state index contributed by atoms with van der Waals surface area (Å²) >= 11 is 2.85. The first-order valence-electron chi connectivity index (χ1n) is 12.9. The average Bonchev–Trinajstić information content (AvgIpc) is 3.49. The van der Waals surface area contributed by atoms with Crippen LogP contribution in [0.5, 0.6) is 0 Å². The van der Waals surface area contributed by atoms with Gasteiger partial charge < -0.3 is 14.6 Å². The number of amides is 1. The Balaban J connectivity index is 1.33. The van der Waals surface area contributed by atoms with Crippen LogP contribution in [-0.4, -0.2) is 39.0 Å². The van der Waals surface area contributed by atoms with Gasteiger partial charge in [-0.05, 0) is 49.3 Å². The SMILES string of the molecule is CCOC(=O)c1c(NC(=O)CSc2nnc(Cc3ccccc3)n2Cc2ccccc2)sc2c1CCCC2. The van der Waals surface area contributed by atoms with E-state index in [1.54, 1.807) is 6.92 Å². The Morgan fingerprint density at radius 2 is 1.71 bits per heavy atom. The van der Waals surface area contributed by atoms with Gasteiger partial charge in [0.15, 0.2) is 5.16 Å². The maximum atomic E-state index is 13.1. The second-order valence-electron chi connectivity index (χ2n) is 9.11. The van der Waals surface area contributed by atoms with Crippen molar-refractivity contribution in [3.8, 4) is 0 Å². The maximum absolute atomic E-state index is 13.1. The zero-order valence-corrected chi connectivity index (χ0v) is 22.9. The fourth-order valence-corrected chi connectivity index (χ4v) is 6.68. The highest BCUT2D eigenvalue weighted by atomic mass is 32.2. The Morgan fingerprint density at radius 3 is 2.45 bits per heavy atom. The number of carbonyl (C=O) groups is 2. The summed E-state index contributed by atoms with van der Waals surface area (Å²) in [6, 6.07) is 20.3. The van der Waals surface area contributed by atoms with Crippen molar-refractivity contribution >= 4 is 40.0 Å². The molecule has 9 heteroatoms. The lowest BCUT2D eigenvalue weighted by Crippen LogP contribution is -2.17. The lowest BCUT2D eigenvalue weighted by molar-refractivity contribution is -0.113. The molecule has 2 aromatic carbocycles. The highest BCUT2D eigenvalue weighted by molar-refractivity contribution is 7.99. The number of nitrogens with zero attached hydrogens (tertiary/aromatic N) is 3. The fraction of sp³-hybridized carbons (Fsp3) is 0.310. The van der Waals surface area contributed by atoms with E-state index < -0.39 is 0 Å². The quantitative estimate of drug-likeness (QED) is 0.201. The van der Waals surface area contributed by atoms with E-state index in [4.69, 9.17) is 4.74 Å². The van der Waals surface area contributed by atoms with Crippen molar-refractivity contribution in [3.05, 3.63) is 93.6 Å². The molecule has 2 heterocycles. The van der Waals surface area contributed by atoms with E-state index in [0.29, 0.717) is 35.3 Å². The van der Waals surface area contributed by atoms with Crippen LogP contribution >= 0.6 is 23.1 Å². The van der Waals surface area contributed by atoms with Crippen molar-refractivity contribution in [1.82, 2.24) is 14.8 Å². The average molecular weight is 547 g/mol. The van der Waals surface area contributed by atoms with Crippen molar-refractivity contribution in [1.29, 1.82) is 0 Å². The van der Waals surface area contributed by atoms with E-state index in [2.05, 4.69) is 44.3 Å². The molecular formula is C29H30N4O3S2. The molecule has 2 aromatic heterocycles. The molecule has 1 amide bonds. The standard InChI is InChI=1S/C29H30N4O3S2/c1-2-36-28(35)26-22-15-9-10-16-23(22)38-27(26)30-25(34)19-37-29-32-31-24(17-20-11-5-3-6-12-20)33(29)18-21-13-7-4-8-14-21/h3-8,11-14H,2,9-10,15-19H2,1H3,(H,30,34). The van der Waals surface area contributed by atoms with Crippen LogP contribution in [0.4, 0.5) is 5.00 Å². The van der Waals surface area contributed by atoms with Gasteiger partial charge in [0.1, 0.15) is 10.8 Å². The zero-order valence-electron chi connectivity index (χ0n) is 21.3. The monoisotopic (exact) mass is 546 g/mol. The van der Waals surface area contributed by atoms with Crippen LogP contribution < -0.4 is 5.32 Å². The normalized spacial score (nSPS) is 12.7. The molecule has 38 heavy (non-hydrogen) atoms. The number of hydrogen-bond donors (Lipinski definition) is 1. The lowest BCUT2D eigenvalue weighted by atomic mass is 9.95. The molecule has 0 saturated heterocycles. The third kappa shape index (κ3) is 6.16. The summed E-state index contributed by atoms with van der Waals surface area (Å²) in [5, 5.41) is 13.2. The number of carbonyl (C=O) groups excluding carboxylic acids is 2. The summed E-state index contributed by atoms with van der Waals surface area (Å²) in [6.45, 7) is 2.71. The summed E-state index contributed by atoms with van der Waals surface area (Å²) in [6.07, 6.45) is 4.57. The summed E-state index contributed by atoms with van der Waals surface area (Å²) in [5.41, 5.74) is 3.85. The third-order valence-electron chi connectivity index (χ3n) is 6.42. The van der Waals surface area contributed by atoms with E-state index in [1.165, 1.54) is 28.0 Å². The van der Waals surface area contributed by atoms with Crippen molar-refractivity contribution in [2.45, 2.75) is 50.7 Å². The first kappa shape index (κ1) is 26.2. The van der Waals surface area contributed by atoms with E-state index in [1.807, 2.05) is 36.4 Å². The van der Waals surface area contributed by atoms with Gasteiger partial charge in [-0.15, -0.1) is 21.5 Å². The zero-order chi connectivity index (χ0) is 26.3. The van der Waals surface area contributed by atoms with Gasteiger partial charge in [0.25, 0.3) is 0 Å². The molecule has 4 aromatic rings. The summed E-state index contributed by atoms with van der Waals surface area (Å²) in [7, 11) is 0. The Hall–Kier alpha value is -3.43. The van der Waals surface area contributed by atoms with Crippen molar-refractivity contribution < 1.29 is 14.3 Å². The lowest BCUT2D eigenvalue weighted by Gasteiger charge is -2.12. The van der Waals surface area contributed by atoms with Gasteiger partial charge in [0.05, 0.1) is 24.5 Å². The number of aryl methyl sites for hydroxylation is 1. The molecule has 5 rings (SSSR count). The molecule has 196 valence electrons. The molecule has 1 N–H and O–H groups in total. The van der Waals surface area contributed by atoms with E-state index in [-0.39, 0.29) is 17.6 Å². The van der Waals surface area contributed by atoms with Crippen LogP contribution in [0.15, 0.2) is 65.8 Å². The topological polar surface area (TPSA) is 86.1 Å². The molecule has 0 radical (unpaired) electrons. The number of thioether (sulfide) groups is 1. The highest BCUT2D eigenvalue weighted by Crippen LogP contribution is 2.38. The molecule has 0 spiro atoms. The second-order valence-corrected chi connectivity index (χ2v) is 11.2. The molecule has 0 atom stereocenters. The highest BCUT2D eigenvalue weighted by Gasteiger charge is 2.27. The third-order valence-corrected chi connectivity index (χ3v) is 8.59. The molecule has 0 saturated carbocycles. The largest absolute Gasteiger partial charge is 0.462 e. The number of fused-ring (bicyclic) bond motifs is 1. The molecule has 1 aliphatic carbocycles. The number of esters is 1. The molecule has 0 fully saturated rings. The second kappa shape index (κ2) is 12.4. The molecule has 0 unspecified atom stereocenters. The number of hydrogen-bond acceptors (Lipinski definition) is 7. The number of nitrogens with one attached hydrogen (secondary N) is 1. The Labute approximate surface area is 230 Å². The van der Waals surface area contributed by atoms with E-state index in [9.17, 15) is 9.59 Å². The smallest absolute Gasteiger partial charge is 0.341 e. The molecular weight excluding hydrogens is 516 g/mol. The van der Waals surface area contributed by atoms with E-state index in [0.717, 1.165) is 48.2 Å². The van der Waals surface area contributed by atoms with Crippen LogP contribution in [0, 0.1) is 0 Å². The molecule has 0 bridgehead atoms. The fourth-order valence-electron chi connectivity index (χ4n) is 4.63. The minimum Gasteiger partial charge on any atom is -0.462 e. The van der Waals surface area contributed by atoms with Crippen molar-refractivity contribution in [2.75, 3.05) is 17.7 Å². The summed E-state index contributed by atoms with van der Waals surface area (Å²) < 4.78 is 7.39. The predicted octanol–water partition coefficient (Wildman–Crippen LogP) is 5.77. The number of aromatic nitrogens is 3. The number of thiophene rings is 1. The van der Waals surface area contributed by atoms with E-state index >= 15 is 0 Å². The summed E-state index contributed by atoms with van der Waals surface area (Å²) in [5.74, 6) is 0.461. The van der Waals surface area contributed by atoms with Gasteiger partial charge in [-0.1, -0.05) is 72.4 Å². The molecule has 7 nitrogen and oxygen atoms in total. The number of anilines is 1. The summed E-state index contributed by atoms with van der Waals surface area (Å²) in [4.78, 5) is 27.0. The van der Waals surface area contributed by atoms with Gasteiger partial charge in [-0.3, -0.25) is 4.79 Å². The first-order chi connectivity index (χ1) is 18.6. The van der Waals surface area contributed by atoms with Crippen LogP contribution in [-0.2, 0) is 35.3 Å². The number of benzene rings is 2. The van der Waals surface area contributed by atoms with Crippen LogP contribution in [0.2, 0.25) is 0 Å². The first-order valence-corrected chi connectivity index (χ1v) is 14.7. The number of ether oxygens (including phenoxy) is 1. The molecule has 1 aliphatic rings. The number of rotatable bonds is 10. The van der Waals surface area contributed by atoms with Crippen molar-refractivity contribution in [3.63, 3.8) is 0 Å². The van der Waals surface area contributed by atoms with Crippen LogP contribution in [0.3, 0.4) is 0 Å². The maximum Gasteiger partial charge on any atom is 0.341 e.